The van der Waals surface area contributed by atoms with Gasteiger partial charge in [-0.25, -0.2) is 4.98 Å². The van der Waals surface area contributed by atoms with Gasteiger partial charge in [-0.2, -0.15) is 13.2 Å². The number of aromatic nitrogens is 1. The first-order valence-corrected chi connectivity index (χ1v) is 4.18. The summed E-state index contributed by atoms with van der Waals surface area (Å²) >= 11 is 5.45. The zero-order chi connectivity index (χ0) is 10.8. The highest BCUT2D eigenvalue weighted by molar-refractivity contribution is 6.17. The molecular weight excluding hydrogens is 219 g/mol. The molecule has 0 fully saturated rings. The molecule has 0 aliphatic rings. The Balaban J connectivity index is 3.18. The van der Waals surface area contributed by atoms with Gasteiger partial charge in [-0.15, -0.1) is 11.6 Å². The van der Waals surface area contributed by atoms with E-state index in [2.05, 4.69) is 9.72 Å². The topological polar surface area (TPSA) is 22.1 Å². The minimum atomic E-state index is -4.50. The van der Waals surface area contributed by atoms with E-state index in [1.807, 2.05) is 0 Å². The van der Waals surface area contributed by atoms with E-state index in [9.17, 15) is 13.2 Å². The first kappa shape index (κ1) is 11.1. The summed E-state index contributed by atoms with van der Waals surface area (Å²) in [6, 6.07) is 1.23. The predicted molar refractivity (Wildman–Crippen MR) is 45.3 cm³/mol. The van der Waals surface area contributed by atoms with E-state index in [-0.39, 0.29) is 11.6 Å². The van der Waals surface area contributed by atoms with Gasteiger partial charge in [-0.05, 0) is 11.6 Å². The fourth-order valence-corrected chi connectivity index (χ4v) is 1.07. The van der Waals surface area contributed by atoms with Crippen LogP contribution in [0, 0.1) is 0 Å². The molecule has 6 heteroatoms. The van der Waals surface area contributed by atoms with Gasteiger partial charge in [0, 0.05) is 12.1 Å². The molecule has 0 saturated carbocycles. The number of methoxy groups -OCH3 is 1. The normalized spacial score (nSPS) is 11.5. The first-order chi connectivity index (χ1) is 6.49. The van der Waals surface area contributed by atoms with Gasteiger partial charge < -0.3 is 4.74 Å². The van der Waals surface area contributed by atoms with Gasteiger partial charge in [0.15, 0.2) is 5.69 Å². The molecule has 0 saturated heterocycles. The summed E-state index contributed by atoms with van der Waals surface area (Å²) in [5, 5.41) is 0. The monoisotopic (exact) mass is 225 g/mol. The molecule has 2 nitrogen and oxygen atoms in total. The molecule has 0 aromatic carbocycles. The third kappa shape index (κ3) is 2.29. The molecule has 0 spiro atoms. The van der Waals surface area contributed by atoms with Gasteiger partial charge in [0.25, 0.3) is 0 Å². The van der Waals surface area contributed by atoms with Crippen molar-refractivity contribution < 1.29 is 17.9 Å². The standard InChI is InChI=1S/C8H7ClF3NO/c1-14-6-2-5(3-9)4-13-7(6)8(10,11)12/h2,4H,3H2,1H3. The quantitative estimate of drug-likeness (QED) is 0.722. The second-order valence-electron chi connectivity index (χ2n) is 2.53. The fraction of sp³-hybridized carbons (Fsp3) is 0.375. The van der Waals surface area contributed by atoms with Crippen molar-refractivity contribution in [2.45, 2.75) is 12.1 Å². The van der Waals surface area contributed by atoms with Crippen LogP contribution in [0.15, 0.2) is 12.3 Å². The zero-order valence-electron chi connectivity index (χ0n) is 7.23. The molecule has 1 heterocycles. The van der Waals surface area contributed by atoms with Gasteiger partial charge >= 0.3 is 6.18 Å². The van der Waals surface area contributed by atoms with E-state index >= 15 is 0 Å². The van der Waals surface area contributed by atoms with Crippen LogP contribution in [0.25, 0.3) is 0 Å². The number of rotatable bonds is 2. The van der Waals surface area contributed by atoms with Crippen LogP contribution in [0.4, 0.5) is 13.2 Å². The minimum absolute atomic E-state index is 0.0987. The summed E-state index contributed by atoms with van der Waals surface area (Å²) < 4.78 is 41.5. The highest BCUT2D eigenvalue weighted by Gasteiger charge is 2.36. The molecule has 0 aliphatic heterocycles. The first-order valence-electron chi connectivity index (χ1n) is 3.65. The molecule has 1 rings (SSSR count). The molecule has 0 radical (unpaired) electrons. The smallest absolute Gasteiger partial charge is 0.437 e. The summed E-state index contributed by atoms with van der Waals surface area (Å²) in [5.74, 6) is -0.211. The van der Waals surface area contributed by atoms with Crippen LogP contribution in [-0.2, 0) is 12.1 Å². The average Bonchev–Trinajstić information content (AvgIpc) is 2.15. The maximum atomic E-state index is 12.3. The van der Waals surface area contributed by atoms with Crippen molar-refractivity contribution >= 4 is 11.6 Å². The average molecular weight is 226 g/mol. The Kier molecular flexibility index (Phi) is 3.21. The summed E-state index contributed by atoms with van der Waals surface area (Å²) in [5.41, 5.74) is -0.551. The molecule has 0 unspecified atom stereocenters. The van der Waals surface area contributed by atoms with Crippen LogP contribution in [-0.4, -0.2) is 12.1 Å². The van der Waals surface area contributed by atoms with Crippen LogP contribution in [0.1, 0.15) is 11.3 Å². The van der Waals surface area contributed by atoms with Gasteiger partial charge in [0.1, 0.15) is 5.75 Å². The summed E-state index contributed by atoms with van der Waals surface area (Å²) in [6.45, 7) is 0. The third-order valence-corrected chi connectivity index (χ3v) is 1.86. The summed E-state index contributed by atoms with van der Waals surface area (Å²) in [7, 11) is 1.16. The molecule has 0 bridgehead atoms. The van der Waals surface area contributed by atoms with Crippen LogP contribution in [0.3, 0.4) is 0 Å². The molecular formula is C8H7ClF3NO. The van der Waals surface area contributed by atoms with Crippen LogP contribution >= 0.6 is 11.6 Å². The molecule has 0 amide bonds. The van der Waals surface area contributed by atoms with Crippen molar-refractivity contribution in [3.63, 3.8) is 0 Å². The lowest BCUT2D eigenvalue weighted by atomic mass is 10.2. The number of halogens is 4. The molecule has 0 atom stereocenters. The summed E-state index contributed by atoms with van der Waals surface area (Å²) in [4.78, 5) is 3.26. The molecule has 0 aliphatic carbocycles. The van der Waals surface area contributed by atoms with E-state index in [0.29, 0.717) is 5.56 Å². The highest BCUT2D eigenvalue weighted by atomic mass is 35.5. The predicted octanol–water partition coefficient (Wildman–Crippen LogP) is 2.85. The minimum Gasteiger partial charge on any atom is -0.494 e. The highest BCUT2D eigenvalue weighted by Crippen LogP contribution is 2.34. The molecule has 0 N–H and O–H groups in total. The second kappa shape index (κ2) is 4.04. The van der Waals surface area contributed by atoms with Crippen molar-refractivity contribution in [2.24, 2.45) is 0 Å². The molecule has 78 valence electrons. The number of pyridine rings is 1. The zero-order valence-corrected chi connectivity index (χ0v) is 7.99. The Hall–Kier alpha value is -0.970. The Morgan fingerprint density at radius 2 is 2.14 bits per heavy atom. The van der Waals surface area contributed by atoms with Crippen molar-refractivity contribution in [1.29, 1.82) is 0 Å². The van der Waals surface area contributed by atoms with Gasteiger partial charge in [-0.3, -0.25) is 0 Å². The van der Waals surface area contributed by atoms with Crippen LogP contribution in [0.2, 0.25) is 0 Å². The SMILES string of the molecule is COc1cc(CCl)cnc1C(F)(F)F. The van der Waals surface area contributed by atoms with E-state index in [1.54, 1.807) is 0 Å². The van der Waals surface area contributed by atoms with Crippen LogP contribution < -0.4 is 4.74 Å². The van der Waals surface area contributed by atoms with E-state index < -0.39 is 11.9 Å². The van der Waals surface area contributed by atoms with Gasteiger partial charge in [0.2, 0.25) is 0 Å². The molecule has 1 aromatic rings. The van der Waals surface area contributed by atoms with E-state index in [1.165, 1.54) is 6.07 Å². The molecule has 14 heavy (non-hydrogen) atoms. The van der Waals surface area contributed by atoms with Crippen molar-refractivity contribution in [1.82, 2.24) is 4.98 Å². The Morgan fingerprint density at radius 1 is 1.50 bits per heavy atom. The second-order valence-corrected chi connectivity index (χ2v) is 2.79. The van der Waals surface area contributed by atoms with Crippen molar-refractivity contribution in [3.8, 4) is 5.75 Å². The maximum absolute atomic E-state index is 12.3. The van der Waals surface area contributed by atoms with Crippen LogP contribution in [0.5, 0.6) is 5.75 Å². The van der Waals surface area contributed by atoms with E-state index in [0.717, 1.165) is 13.3 Å². The lowest BCUT2D eigenvalue weighted by molar-refractivity contribution is -0.142. The van der Waals surface area contributed by atoms with Crippen molar-refractivity contribution in [3.05, 3.63) is 23.5 Å². The maximum Gasteiger partial charge on any atom is 0.437 e. The van der Waals surface area contributed by atoms with Gasteiger partial charge in [0.05, 0.1) is 7.11 Å². The van der Waals surface area contributed by atoms with E-state index in [4.69, 9.17) is 11.6 Å². The third-order valence-electron chi connectivity index (χ3n) is 1.55. The number of ether oxygens (including phenoxy) is 1. The number of alkyl halides is 4. The Labute approximate surface area is 83.7 Å². The Bertz CT molecular complexity index is 327. The molecule has 1 aromatic heterocycles. The Morgan fingerprint density at radius 3 is 2.57 bits per heavy atom. The number of hydrogen-bond acceptors (Lipinski definition) is 2. The lowest BCUT2D eigenvalue weighted by Gasteiger charge is -2.10. The lowest BCUT2D eigenvalue weighted by Crippen LogP contribution is -2.10. The largest absolute Gasteiger partial charge is 0.494 e. The van der Waals surface area contributed by atoms with Gasteiger partial charge in [-0.1, -0.05) is 0 Å². The fourth-order valence-electron chi connectivity index (χ4n) is 0.927. The number of nitrogens with zero attached hydrogens (tertiary/aromatic N) is 1. The van der Waals surface area contributed by atoms with Crippen molar-refractivity contribution in [2.75, 3.05) is 7.11 Å². The number of hydrogen-bond donors (Lipinski definition) is 0. The summed E-state index contributed by atoms with van der Waals surface area (Å²) in [6.07, 6.45) is -3.42.